The van der Waals surface area contributed by atoms with Gasteiger partial charge in [0, 0.05) is 4.75 Å². The molecule has 0 bridgehead atoms. The molecule has 0 amide bonds. The molecule has 0 unspecified atom stereocenters. The highest BCUT2D eigenvalue weighted by Gasteiger charge is 2.11. The summed E-state index contributed by atoms with van der Waals surface area (Å²) in [5.41, 5.74) is 0. The molecule has 68 valence electrons. The number of H-pyrrole nitrogens is 1. The van der Waals surface area contributed by atoms with Crippen molar-refractivity contribution in [3.8, 4) is 0 Å². The fourth-order valence-electron chi connectivity index (χ4n) is 0.621. The maximum atomic E-state index is 5.55. The lowest BCUT2D eigenvalue weighted by Crippen LogP contribution is -2.07. The van der Waals surface area contributed by atoms with Crippen molar-refractivity contribution in [2.75, 3.05) is 0 Å². The molecule has 12 heavy (non-hydrogen) atoms. The van der Waals surface area contributed by atoms with Crippen molar-refractivity contribution in [1.82, 2.24) is 15.2 Å². The molecule has 0 aliphatic heterocycles. The first-order chi connectivity index (χ1) is 5.47. The van der Waals surface area contributed by atoms with Gasteiger partial charge in [0.1, 0.15) is 5.82 Å². The van der Waals surface area contributed by atoms with E-state index in [0.717, 1.165) is 11.6 Å². The minimum absolute atomic E-state index is 0.249. The molecule has 0 aromatic carbocycles. The molecule has 1 N–H and O–H groups in total. The summed E-state index contributed by atoms with van der Waals surface area (Å²) >= 11 is 7.36. The van der Waals surface area contributed by atoms with E-state index in [0.29, 0.717) is 5.28 Å². The van der Waals surface area contributed by atoms with Crippen LogP contribution < -0.4 is 0 Å². The van der Waals surface area contributed by atoms with Crippen molar-refractivity contribution in [1.29, 1.82) is 0 Å². The first kappa shape index (κ1) is 9.86. The van der Waals surface area contributed by atoms with Crippen LogP contribution in [0.4, 0.5) is 0 Å². The van der Waals surface area contributed by atoms with E-state index >= 15 is 0 Å². The van der Waals surface area contributed by atoms with Gasteiger partial charge < -0.3 is 0 Å². The van der Waals surface area contributed by atoms with Crippen LogP contribution in [0.1, 0.15) is 26.6 Å². The van der Waals surface area contributed by atoms with Crippen molar-refractivity contribution >= 4 is 23.4 Å². The Morgan fingerprint density at radius 2 is 2.17 bits per heavy atom. The van der Waals surface area contributed by atoms with Crippen molar-refractivity contribution in [3.05, 3.63) is 11.1 Å². The van der Waals surface area contributed by atoms with Gasteiger partial charge in [-0.2, -0.15) is 0 Å². The lowest BCUT2D eigenvalue weighted by Gasteiger charge is -2.15. The highest BCUT2D eigenvalue weighted by atomic mass is 35.5. The molecule has 0 fully saturated rings. The minimum Gasteiger partial charge on any atom is -0.261 e. The zero-order valence-corrected chi connectivity index (χ0v) is 8.96. The number of halogens is 1. The third-order valence-electron chi connectivity index (χ3n) is 1.15. The predicted octanol–water partition coefficient (Wildman–Crippen LogP) is 2.49. The smallest absolute Gasteiger partial charge is 0.242 e. The van der Waals surface area contributed by atoms with Gasteiger partial charge >= 0.3 is 0 Å². The topological polar surface area (TPSA) is 41.6 Å². The summed E-state index contributed by atoms with van der Waals surface area (Å²) < 4.78 is 0.249. The molecule has 5 heteroatoms. The molecule has 3 nitrogen and oxygen atoms in total. The highest BCUT2D eigenvalue weighted by molar-refractivity contribution is 7.99. The van der Waals surface area contributed by atoms with Crippen LogP contribution in [0, 0.1) is 0 Å². The molecule has 1 aromatic rings. The first-order valence-electron chi connectivity index (χ1n) is 3.68. The summed E-state index contributed by atoms with van der Waals surface area (Å²) in [6, 6.07) is 0. The summed E-state index contributed by atoms with van der Waals surface area (Å²) in [5, 5.41) is 6.79. The van der Waals surface area contributed by atoms with Gasteiger partial charge in [0.15, 0.2) is 0 Å². The number of nitrogens with one attached hydrogen (secondary N) is 1. The molecule has 1 aromatic heterocycles. The lowest BCUT2D eigenvalue weighted by molar-refractivity contribution is 0.800. The van der Waals surface area contributed by atoms with E-state index in [1.54, 1.807) is 0 Å². The molecular formula is C7H12ClN3S. The summed E-state index contributed by atoms with van der Waals surface area (Å²) in [6.07, 6.45) is 0. The Labute approximate surface area is 81.3 Å². The van der Waals surface area contributed by atoms with Crippen LogP contribution in [-0.4, -0.2) is 19.9 Å². The van der Waals surface area contributed by atoms with Gasteiger partial charge in [-0.3, -0.25) is 5.10 Å². The summed E-state index contributed by atoms with van der Waals surface area (Å²) in [4.78, 5) is 3.99. The highest BCUT2D eigenvalue weighted by Crippen LogP contribution is 2.25. The van der Waals surface area contributed by atoms with E-state index in [1.807, 2.05) is 11.8 Å². The second-order valence-electron chi connectivity index (χ2n) is 3.45. The molecule has 1 rings (SSSR count). The van der Waals surface area contributed by atoms with Gasteiger partial charge in [0.25, 0.3) is 0 Å². The van der Waals surface area contributed by atoms with Gasteiger partial charge in [-0.1, -0.05) is 20.8 Å². The summed E-state index contributed by atoms with van der Waals surface area (Å²) in [7, 11) is 0. The molecule has 1 heterocycles. The standard InChI is InChI=1S/C7H12ClN3S/c1-7(2,3)12-4-5-9-6(8)11-10-5/h4H2,1-3H3,(H,9,10,11). The fourth-order valence-corrected chi connectivity index (χ4v) is 1.46. The Balaban J connectivity index is 2.44. The maximum absolute atomic E-state index is 5.55. The predicted molar refractivity (Wildman–Crippen MR) is 52.4 cm³/mol. The Morgan fingerprint density at radius 3 is 2.58 bits per heavy atom. The monoisotopic (exact) mass is 205 g/mol. The summed E-state index contributed by atoms with van der Waals surface area (Å²) in [5.74, 6) is 1.66. The molecule has 0 spiro atoms. The van der Waals surface area contributed by atoms with Crippen molar-refractivity contribution in [2.24, 2.45) is 0 Å². The molecular weight excluding hydrogens is 194 g/mol. The first-order valence-corrected chi connectivity index (χ1v) is 5.04. The van der Waals surface area contributed by atoms with Crippen LogP contribution in [0.25, 0.3) is 0 Å². The molecule has 0 saturated heterocycles. The molecule has 0 atom stereocenters. The van der Waals surface area contributed by atoms with Gasteiger partial charge in [-0.05, 0) is 11.6 Å². The van der Waals surface area contributed by atoms with Gasteiger partial charge in [0.2, 0.25) is 5.28 Å². The largest absolute Gasteiger partial charge is 0.261 e. The van der Waals surface area contributed by atoms with E-state index in [1.165, 1.54) is 0 Å². The van der Waals surface area contributed by atoms with Crippen molar-refractivity contribution in [3.63, 3.8) is 0 Å². The zero-order chi connectivity index (χ0) is 9.19. The van der Waals surface area contributed by atoms with E-state index in [-0.39, 0.29) is 4.75 Å². The Bertz CT molecular complexity index is 253. The second kappa shape index (κ2) is 3.66. The van der Waals surface area contributed by atoms with Crippen molar-refractivity contribution < 1.29 is 0 Å². The Kier molecular flexibility index (Phi) is 3.01. The van der Waals surface area contributed by atoms with Gasteiger partial charge in [-0.25, -0.2) is 4.98 Å². The second-order valence-corrected chi connectivity index (χ2v) is 5.59. The maximum Gasteiger partial charge on any atom is 0.242 e. The SMILES string of the molecule is CC(C)(C)SCc1nc(Cl)n[nH]1. The number of rotatable bonds is 2. The van der Waals surface area contributed by atoms with Crippen LogP contribution in [0.15, 0.2) is 0 Å². The van der Waals surface area contributed by atoms with Crippen molar-refractivity contribution in [2.45, 2.75) is 31.3 Å². The zero-order valence-electron chi connectivity index (χ0n) is 7.39. The van der Waals surface area contributed by atoms with Gasteiger partial charge in [-0.15, -0.1) is 16.9 Å². The summed E-state index contributed by atoms with van der Waals surface area (Å²) in [6.45, 7) is 6.49. The fraction of sp³-hybridized carbons (Fsp3) is 0.714. The van der Waals surface area contributed by atoms with Gasteiger partial charge in [0.05, 0.1) is 5.75 Å². The molecule has 0 radical (unpaired) electrons. The number of hydrogen-bond donors (Lipinski definition) is 1. The number of thioether (sulfide) groups is 1. The van der Waals surface area contributed by atoms with E-state index < -0.39 is 0 Å². The molecule has 0 aliphatic rings. The number of nitrogens with zero attached hydrogens (tertiary/aromatic N) is 2. The Hall–Kier alpha value is -0.220. The number of aromatic nitrogens is 3. The lowest BCUT2D eigenvalue weighted by atomic mass is 10.3. The van der Waals surface area contributed by atoms with Crippen LogP contribution in [0.3, 0.4) is 0 Å². The number of hydrogen-bond acceptors (Lipinski definition) is 3. The van der Waals surface area contributed by atoms with E-state index in [9.17, 15) is 0 Å². The average Bonchev–Trinajstić information content (AvgIpc) is 2.30. The minimum atomic E-state index is 0.249. The number of aromatic amines is 1. The van der Waals surface area contributed by atoms with Crippen LogP contribution in [-0.2, 0) is 5.75 Å². The molecule has 0 aliphatic carbocycles. The normalized spacial score (nSPS) is 12.0. The Morgan fingerprint density at radius 1 is 1.50 bits per heavy atom. The molecule has 0 saturated carbocycles. The van der Waals surface area contributed by atoms with E-state index in [4.69, 9.17) is 11.6 Å². The average molecular weight is 206 g/mol. The van der Waals surface area contributed by atoms with Crippen LogP contribution in [0.5, 0.6) is 0 Å². The van der Waals surface area contributed by atoms with E-state index in [2.05, 4.69) is 36.0 Å². The third kappa shape index (κ3) is 3.45. The third-order valence-corrected chi connectivity index (χ3v) is 2.60. The van der Waals surface area contributed by atoms with Crippen LogP contribution >= 0.6 is 23.4 Å². The quantitative estimate of drug-likeness (QED) is 0.807. The van der Waals surface area contributed by atoms with Crippen LogP contribution in [0.2, 0.25) is 5.28 Å².